The molecule has 0 radical (unpaired) electrons. The number of nitrogens with zero attached hydrogens (tertiary/aromatic N) is 2. The molecule has 0 atom stereocenters. The first-order valence-electron chi connectivity index (χ1n) is 19.2. The minimum absolute atomic E-state index is 0.0878. The second kappa shape index (κ2) is 12.1. The summed E-state index contributed by atoms with van der Waals surface area (Å²) in [5.74, 6) is 0. The average Bonchev–Trinajstić information content (AvgIpc) is 3.69. The van der Waals surface area contributed by atoms with Crippen molar-refractivity contribution in [2.75, 3.05) is 4.90 Å². The normalized spacial score (nSPS) is 13.1. The summed E-state index contributed by atoms with van der Waals surface area (Å²) < 4.78 is 2.50. The van der Waals surface area contributed by atoms with E-state index in [1.807, 2.05) is 0 Å². The molecular formula is C53H38N2. The van der Waals surface area contributed by atoms with Crippen molar-refractivity contribution < 1.29 is 0 Å². The van der Waals surface area contributed by atoms with E-state index in [9.17, 15) is 0 Å². The Labute approximate surface area is 321 Å². The van der Waals surface area contributed by atoms with Crippen LogP contribution in [0.25, 0.3) is 71.3 Å². The SMILES string of the molecule is CC1(C)c2ccccc2-c2ccc(N(c3ccccc3)c3ccc(-n4c5ccc6ccccc6c5c5cc6ccccc6c(-c6ccccc6)c54)cc3)cc21. The fourth-order valence-electron chi connectivity index (χ4n) is 9.38. The van der Waals surface area contributed by atoms with Crippen LogP contribution in [0, 0.1) is 0 Å². The molecule has 2 nitrogen and oxygen atoms in total. The van der Waals surface area contributed by atoms with Gasteiger partial charge in [-0.05, 0) is 110 Å². The van der Waals surface area contributed by atoms with Crippen LogP contribution in [0.3, 0.4) is 0 Å². The smallest absolute Gasteiger partial charge is 0.0626 e. The summed E-state index contributed by atoms with van der Waals surface area (Å²) in [6.07, 6.45) is 0. The second-order valence-corrected chi connectivity index (χ2v) is 15.3. The zero-order chi connectivity index (χ0) is 36.7. The number of rotatable bonds is 5. The Morgan fingerprint density at radius 2 is 1.05 bits per heavy atom. The van der Waals surface area contributed by atoms with Crippen LogP contribution in [0.5, 0.6) is 0 Å². The Balaban J connectivity index is 1.14. The van der Waals surface area contributed by atoms with Gasteiger partial charge in [-0.3, -0.25) is 0 Å². The third kappa shape index (κ3) is 4.74. The molecule has 9 aromatic carbocycles. The Morgan fingerprint density at radius 3 is 1.85 bits per heavy atom. The maximum absolute atomic E-state index is 2.50. The molecule has 0 bridgehead atoms. The zero-order valence-corrected chi connectivity index (χ0v) is 30.9. The zero-order valence-electron chi connectivity index (χ0n) is 30.9. The van der Waals surface area contributed by atoms with Crippen molar-refractivity contribution in [1.29, 1.82) is 0 Å². The molecule has 0 saturated heterocycles. The van der Waals surface area contributed by atoms with E-state index in [2.05, 4.69) is 217 Å². The molecule has 11 rings (SSSR count). The van der Waals surface area contributed by atoms with Gasteiger partial charge in [0.05, 0.1) is 11.0 Å². The van der Waals surface area contributed by atoms with E-state index < -0.39 is 0 Å². The van der Waals surface area contributed by atoms with Gasteiger partial charge in [-0.15, -0.1) is 0 Å². The van der Waals surface area contributed by atoms with Gasteiger partial charge in [0, 0.05) is 44.5 Å². The number of hydrogen-bond donors (Lipinski definition) is 0. The van der Waals surface area contributed by atoms with Crippen molar-refractivity contribution in [2.24, 2.45) is 0 Å². The molecule has 10 aromatic rings. The molecule has 1 aromatic heterocycles. The molecule has 0 aliphatic heterocycles. The minimum Gasteiger partial charge on any atom is -0.310 e. The standard InChI is InChI=1S/C53H38N2/c1-53(2)47-24-14-13-23-44(47)45-31-30-41(34-48(45)53)54(38-19-7-4-8-20-38)39-26-28-40(29-27-39)55-49-32-25-35-15-9-11-21-42(35)51(49)46-33-37-18-10-12-22-43(37)50(52(46)55)36-16-5-3-6-17-36/h3-34H,1-2H3. The Kier molecular flexibility index (Phi) is 6.93. The average molecular weight is 703 g/mol. The summed E-state index contributed by atoms with van der Waals surface area (Å²) in [4.78, 5) is 2.39. The highest BCUT2D eigenvalue weighted by atomic mass is 15.1. The first-order valence-corrected chi connectivity index (χ1v) is 19.2. The van der Waals surface area contributed by atoms with E-state index in [0.717, 1.165) is 22.7 Å². The maximum Gasteiger partial charge on any atom is 0.0626 e. The van der Waals surface area contributed by atoms with Gasteiger partial charge in [-0.1, -0.05) is 147 Å². The van der Waals surface area contributed by atoms with E-state index in [4.69, 9.17) is 0 Å². The van der Waals surface area contributed by atoms with Crippen LogP contribution < -0.4 is 4.90 Å². The molecule has 0 N–H and O–H groups in total. The molecule has 1 heterocycles. The molecule has 1 aliphatic rings. The lowest BCUT2D eigenvalue weighted by Crippen LogP contribution is -2.16. The predicted octanol–water partition coefficient (Wildman–Crippen LogP) is 14.5. The van der Waals surface area contributed by atoms with Gasteiger partial charge in [0.25, 0.3) is 0 Å². The highest BCUT2D eigenvalue weighted by Gasteiger charge is 2.35. The van der Waals surface area contributed by atoms with Crippen LogP contribution in [0.4, 0.5) is 17.1 Å². The highest BCUT2D eigenvalue weighted by Crippen LogP contribution is 2.51. The lowest BCUT2D eigenvalue weighted by atomic mass is 9.82. The van der Waals surface area contributed by atoms with E-state index in [0.29, 0.717) is 0 Å². The van der Waals surface area contributed by atoms with Gasteiger partial charge < -0.3 is 9.47 Å². The summed E-state index contributed by atoms with van der Waals surface area (Å²) in [7, 11) is 0. The molecule has 0 fully saturated rings. The number of anilines is 3. The van der Waals surface area contributed by atoms with Crippen molar-refractivity contribution in [3.63, 3.8) is 0 Å². The minimum atomic E-state index is -0.0878. The van der Waals surface area contributed by atoms with Crippen molar-refractivity contribution in [3.05, 3.63) is 205 Å². The van der Waals surface area contributed by atoms with Crippen LogP contribution in [0.2, 0.25) is 0 Å². The first-order chi connectivity index (χ1) is 27.1. The molecule has 1 aliphatic carbocycles. The molecule has 0 saturated carbocycles. The fourth-order valence-corrected chi connectivity index (χ4v) is 9.38. The largest absolute Gasteiger partial charge is 0.310 e. The third-order valence-electron chi connectivity index (χ3n) is 11.9. The predicted molar refractivity (Wildman–Crippen MR) is 233 cm³/mol. The number of benzene rings is 9. The quantitative estimate of drug-likeness (QED) is 0.173. The molecule has 0 unspecified atom stereocenters. The van der Waals surface area contributed by atoms with E-state index >= 15 is 0 Å². The second-order valence-electron chi connectivity index (χ2n) is 15.3. The van der Waals surface area contributed by atoms with Gasteiger partial charge in [-0.2, -0.15) is 0 Å². The Morgan fingerprint density at radius 1 is 0.436 bits per heavy atom. The molecule has 55 heavy (non-hydrogen) atoms. The fraction of sp³-hybridized carbons (Fsp3) is 0.0566. The molecule has 2 heteroatoms. The van der Waals surface area contributed by atoms with Gasteiger partial charge >= 0.3 is 0 Å². The molecular weight excluding hydrogens is 665 g/mol. The Bertz CT molecular complexity index is 3100. The summed E-state index contributed by atoms with van der Waals surface area (Å²) in [5.41, 5.74) is 14.8. The number of hydrogen-bond acceptors (Lipinski definition) is 1. The molecule has 260 valence electrons. The van der Waals surface area contributed by atoms with Crippen LogP contribution >= 0.6 is 0 Å². The maximum atomic E-state index is 2.50. The van der Waals surface area contributed by atoms with Gasteiger partial charge in [-0.25, -0.2) is 0 Å². The summed E-state index contributed by atoms with van der Waals surface area (Å²) in [5, 5.41) is 7.57. The number of para-hydroxylation sites is 1. The highest BCUT2D eigenvalue weighted by molar-refractivity contribution is 6.27. The van der Waals surface area contributed by atoms with Crippen molar-refractivity contribution in [2.45, 2.75) is 19.3 Å². The Hall–Kier alpha value is -6.90. The number of aromatic nitrogens is 1. The third-order valence-corrected chi connectivity index (χ3v) is 11.9. The van der Waals surface area contributed by atoms with Crippen molar-refractivity contribution in [1.82, 2.24) is 4.57 Å². The van der Waals surface area contributed by atoms with Gasteiger partial charge in [0.2, 0.25) is 0 Å². The summed E-state index contributed by atoms with van der Waals surface area (Å²) in [6.45, 7) is 4.70. The van der Waals surface area contributed by atoms with Crippen molar-refractivity contribution >= 4 is 60.4 Å². The van der Waals surface area contributed by atoms with Crippen LogP contribution in [0.15, 0.2) is 194 Å². The first kappa shape index (κ1) is 31.6. The molecule has 0 amide bonds. The summed E-state index contributed by atoms with van der Waals surface area (Å²) >= 11 is 0. The lowest BCUT2D eigenvalue weighted by molar-refractivity contribution is 0.660. The van der Waals surface area contributed by atoms with Crippen LogP contribution in [0.1, 0.15) is 25.0 Å². The van der Waals surface area contributed by atoms with Crippen LogP contribution in [-0.2, 0) is 5.41 Å². The van der Waals surface area contributed by atoms with E-state index in [1.165, 1.54) is 76.7 Å². The van der Waals surface area contributed by atoms with E-state index in [1.54, 1.807) is 0 Å². The molecule has 0 spiro atoms. The van der Waals surface area contributed by atoms with Gasteiger partial charge in [0.15, 0.2) is 0 Å². The topological polar surface area (TPSA) is 8.17 Å². The van der Waals surface area contributed by atoms with Gasteiger partial charge in [0.1, 0.15) is 0 Å². The number of fused-ring (bicyclic) bond motifs is 9. The van der Waals surface area contributed by atoms with E-state index in [-0.39, 0.29) is 5.41 Å². The summed E-state index contributed by atoms with van der Waals surface area (Å²) in [6, 6.07) is 71.3. The van der Waals surface area contributed by atoms with Crippen LogP contribution in [-0.4, -0.2) is 4.57 Å². The lowest BCUT2D eigenvalue weighted by Gasteiger charge is -2.28. The van der Waals surface area contributed by atoms with Crippen molar-refractivity contribution in [3.8, 4) is 27.9 Å². The monoisotopic (exact) mass is 702 g/mol.